The van der Waals surface area contributed by atoms with E-state index in [4.69, 9.17) is 0 Å². The van der Waals surface area contributed by atoms with Gasteiger partial charge in [-0.1, -0.05) is 18.6 Å². The minimum Gasteiger partial charge on any atom is -0.508 e. The summed E-state index contributed by atoms with van der Waals surface area (Å²) in [6.45, 7) is 5.97. The van der Waals surface area contributed by atoms with Crippen molar-refractivity contribution in [2.24, 2.45) is 5.92 Å². The van der Waals surface area contributed by atoms with Gasteiger partial charge >= 0.3 is 0 Å². The van der Waals surface area contributed by atoms with Crippen LogP contribution in [0.4, 0.5) is 4.39 Å². The number of aryl methyl sites for hydroxylation is 1. The third-order valence-electron chi connectivity index (χ3n) is 7.16. The second kappa shape index (κ2) is 7.80. The van der Waals surface area contributed by atoms with E-state index in [-0.39, 0.29) is 29.7 Å². The summed E-state index contributed by atoms with van der Waals surface area (Å²) in [6.07, 6.45) is 3.41. The van der Waals surface area contributed by atoms with Gasteiger partial charge in [0.1, 0.15) is 17.7 Å². The van der Waals surface area contributed by atoms with Gasteiger partial charge in [0.15, 0.2) is 0 Å². The van der Waals surface area contributed by atoms with Gasteiger partial charge < -0.3 is 15.4 Å². The Morgan fingerprint density at radius 1 is 1.20 bits per heavy atom. The topological polar surface area (TPSA) is 85.0 Å². The van der Waals surface area contributed by atoms with Crippen LogP contribution in [0.3, 0.4) is 0 Å². The maximum absolute atomic E-state index is 15.7. The molecule has 2 aromatic rings. The first-order chi connectivity index (χ1) is 14.6. The van der Waals surface area contributed by atoms with Gasteiger partial charge in [-0.05, 0) is 55.0 Å². The summed E-state index contributed by atoms with van der Waals surface area (Å²) in [4.78, 5) is 8.12. The summed E-state index contributed by atoms with van der Waals surface area (Å²) in [5, 5.41) is 13.2. The molecule has 0 spiro atoms. The molecule has 6 nitrogen and oxygen atoms in total. The summed E-state index contributed by atoms with van der Waals surface area (Å²) >= 11 is 0. The minimum atomic E-state index is -0.991. The molecule has 2 fully saturated rings. The van der Waals surface area contributed by atoms with Crippen LogP contribution in [0.25, 0.3) is 5.57 Å². The molecule has 0 bridgehead atoms. The number of hydrazine groups is 1. The molecule has 30 heavy (non-hydrogen) atoms. The molecule has 1 aliphatic carbocycles. The molecule has 2 aliphatic heterocycles. The van der Waals surface area contributed by atoms with Gasteiger partial charge in [0.05, 0.1) is 24.0 Å². The first-order valence-corrected chi connectivity index (χ1v) is 11.0. The molecule has 1 saturated heterocycles. The number of hydrogen-bond acceptors (Lipinski definition) is 5. The molecule has 1 aromatic heterocycles. The Bertz CT molecular complexity index is 970. The number of halogens is 1. The molecule has 5 unspecified atom stereocenters. The van der Waals surface area contributed by atoms with Crippen LogP contribution in [0.5, 0.6) is 5.75 Å². The van der Waals surface area contributed by atoms with Crippen molar-refractivity contribution in [3.05, 3.63) is 52.6 Å². The molecule has 7 heteroatoms. The predicted molar refractivity (Wildman–Crippen MR) is 115 cm³/mol. The summed E-state index contributed by atoms with van der Waals surface area (Å²) in [7, 11) is 0. The van der Waals surface area contributed by atoms with Crippen molar-refractivity contribution in [3.8, 4) is 5.75 Å². The number of alkyl halides is 1. The average Bonchev–Trinajstić information content (AvgIpc) is 3.47. The molecule has 0 amide bonds. The maximum atomic E-state index is 15.7. The second-order valence-corrected chi connectivity index (χ2v) is 8.87. The number of phenolic OH excluding ortho intramolecular Hbond substituents is 1. The van der Waals surface area contributed by atoms with Crippen LogP contribution in [-0.4, -0.2) is 40.4 Å². The van der Waals surface area contributed by atoms with E-state index in [2.05, 4.69) is 33.1 Å². The third-order valence-corrected chi connectivity index (χ3v) is 7.16. The number of aromatic hydroxyl groups is 1. The molecular formula is C23H30FN5O. The highest BCUT2D eigenvalue weighted by Gasteiger charge is 2.48. The maximum Gasteiger partial charge on any atom is 0.125 e. The van der Waals surface area contributed by atoms with Crippen molar-refractivity contribution >= 4 is 5.57 Å². The van der Waals surface area contributed by atoms with E-state index in [1.807, 2.05) is 19.2 Å². The van der Waals surface area contributed by atoms with Crippen LogP contribution < -0.4 is 16.2 Å². The number of benzene rings is 1. The second-order valence-electron chi connectivity index (χ2n) is 8.87. The van der Waals surface area contributed by atoms with Crippen LogP contribution >= 0.6 is 0 Å². The summed E-state index contributed by atoms with van der Waals surface area (Å²) < 4.78 is 15.7. The fourth-order valence-electron chi connectivity index (χ4n) is 5.51. The van der Waals surface area contributed by atoms with Gasteiger partial charge in [0, 0.05) is 24.9 Å². The van der Waals surface area contributed by atoms with Crippen molar-refractivity contribution in [2.75, 3.05) is 13.1 Å². The quantitative estimate of drug-likeness (QED) is 0.534. The first-order valence-electron chi connectivity index (χ1n) is 11.0. The predicted octanol–water partition coefficient (Wildman–Crippen LogP) is 3.10. The number of imidazole rings is 1. The molecule has 3 aliphatic rings. The highest BCUT2D eigenvalue weighted by molar-refractivity contribution is 5.69. The Morgan fingerprint density at radius 3 is 2.83 bits per heavy atom. The first kappa shape index (κ1) is 19.7. The Kier molecular flexibility index (Phi) is 5.13. The number of phenols is 1. The van der Waals surface area contributed by atoms with Crippen molar-refractivity contribution in [1.82, 2.24) is 26.1 Å². The molecule has 5 atom stereocenters. The van der Waals surface area contributed by atoms with Crippen molar-refractivity contribution < 1.29 is 9.50 Å². The van der Waals surface area contributed by atoms with Crippen LogP contribution in [0, 0.1) is 5.92 Å². The van der Waals surface area contributed by atoms with Gasteiger partial charge in [0.25, 0.3) is 0 Å². The van der Waals surface area contributed by atoms with Crippen molar-refractivity contribution in [1.29, 1.82) is 0 Å². The largest absolute Gasteiger partial charge is 0.508 e. The van der Waals surface area contributed by atoms with Gasteiger partial charge in [-0.25, -0.2) is 14.8 Å². The third kappa shape index (κ3) is 3.25. The lowest BCUT2D eigenvalue weighted by molar-refractivity contribution is 0.135. The summed E-state index contributed by atoms with van der Waals surface area (Å²) in [5.41, 5.74) is 12.3. The minimum absolute atomic E-state index is 0.0244. The number of nitrogens with zero attached hydrogens (tertiary/aromatic N) is 1. The lowest BCUT2D eigenvalue weighted by Crippen LogP contribution is -2.45. The highest BCUT2D eigenvalue weighted by Crippen LogP contribution is 2.45. The fourth-order valence-corrected chi connectivity index (χ4v) is 5.51. The average molecular weight is 412 g/mol. The number of hydrogen-bond donors (Lipinski definition) is 5. The smallest absolute Gasteiger partial charge is 0.125 e. The van der Waals surface area contributed by atoms with Gasteiger partial charge in [-0.2, -0.15) is 0 Å². The number of aromatic amines is 1. The zero-order valence-electron chi connectivity index (χ0n) is 17.5. The summed E-state index contributed by atoms with van der Waals surface area (Å²) in [5.74, 6) is 1.12. The number of nitrogens with one attached hydrogen (secondary N) is 4. The van der Waals surface area contributed by atoms with Crippen molar-refractivity contribution in [2.45, 2.75) is 57.3 Å². The Morgan fingerprint density at radius 2 is 2.07 bits per heavy atom. The van der Waals surface area contributed by atoms with E-state index in [0.29, 0.717) is 0 Å². The lowest BCUT2D eigenvalue weighted by Gasteiger charge is -2.36. The number of rotatable bonds is 4. The van der Waals surface area contributed by atoms with Crippen LogP contribution in [0.15, 0.2) is 30.0 Å². The van der Waals surface area contributed by atoms with E-state index < -0.39 is 6.17 Å². The fraction of sp³-hybridized carbons (Fsp3) is 0.522. The SMILES string of the molecule is CCc1cc(O)ccc1C1CCC2C(c3ncc(C4=C(C)CNC4)[nH]3)NNC2C1F. The van der Waals surface area contributed by atoms with E-state index >= 15 is 4.39 Å². The van der Waals surface area contributed by atoms with E-state index in [1.165, 1.54) is 11.1 Å². The van der Waals surface area contributed by atoms with E-state index in [1.54, 1.807) is 12.1 Å². The number of aromatic nitrogens is 2. The van der Waals surface area contributed by atoms with Crippen LogP contribution in [-0.2, 0) is 6.42 Å². The molecule has 3 heterocycles. The van der Waals surface area contributed by atoms with Gasteiger partial charge in [-0.15, -0.1) is 0 Å². The number of fused-ring (bicyclic) bond motifs is 1. The molecule has 1 aromatic carbocycles. The Hall–Kier alpha value is -2.22. The molecule has 5 rings (SSSR count). The molecule has 0 radical (unpaired) electrons. The zero-order valence-corrected chi connectivity index (χ0v) is 17.5. The highest BCUT2D eigenvalue weighted by atomic mass is 19.1. The zero-order chi connectivity index (χ0) is 20.8. The summed E-state index contributed by atoms with van der Waals surface area (Å²) in [6, 6.07) is 5.07. The van der Waals surface area contributed by atoms with Gasteiger partial charge in [-0.3, -0.25) is 5.43 Å². The molecular weight excluding hydrogens is 381 g/mol. The number of H-pyrrole nitrogens is 1. The van der Waals surface area contributed by atoms with Crippen LogP contribution in [0.1, 0.15) is 61.3 Å². The van der Waals surface area contributed by atoms with E-state index in [9.17, 15) is 5.11 Å². The monoisotopic (exact) mass is 411 g/mol. The Labute approximate surface area is 176 Å². The normalized spacial score (nSPS) is 31.4. The van der Waals surface area contributed by atoms with Crippen LogP contribution in [0.2, 0.25) is 0 Å². The van der Waals surface area contributed by atoms with Crippen molar-refractivity contribution in [3.63, 3.8) is 0 Å². The van der Waals surface area contributed by atoms with E-state index in [0.717, 1.165) is 55.0 Å². The molecule has 1 saturated carbocycles. The lowest BCUT2D eigenvalue weighted by atomic mass is 9.71. The molecule has 160 valence electrons. The standard InChI is InChI=1S/C23H30FN5O/c1-3-13-8-14(30)4-5-15(13)16-6-7-17-21(20(16)24)28-29-22(17)23-26-11-19(27-23)18-10-25-9-12(18)2/h4-5,8,11,16-17,20-22,25,28-30H,3,6-7,9-10H2,1-2H3,(H,26,27). The molecule has 5 N–H and O–H groups in total. The Balaban J connectivity index is 1.36. The van der Waals surface area contributed by atoms with Gasteiger partial charge in [0.2, 0.25) is 0 Å².